The lowest BCUT2D eigenvalue weighted by Gasteiger charge is -2.15. The van der Waals surface area contributed by atoms with Gasteiger partial charge in [0.1, 0.15) is 5.75 Å². The number of nitrogens with one attached hydrogen (secondary N) is 2. The fraction of sp³-hybridized carbons (Fsp3) is 0.385. The monoisotopic (exact) mass is 495 g/mol. The van der Waals surface area contributed by atoms with E-state index in [1.165, 1.54) is 11.8 Å². The zero-order chi connectivity index (χ0) is 25.4. The van der Waals surface area contributed by atoms with Crippen molar-refractivity contribution in [2.45, 2.75) is 57.8 Å². The lowest BCUT2D eigenvalue weighted by Crippen LogP contribution is -2.30. The van der Waals surface area contributed by atoms with Gasteiger partial charge in [-0.05, 0) is 49.1 Å². The molecule has 1 aromatic heterocycles. The number of amides is 2. The number of methoxy groups -OCH3 is 1. The molecule has 0 spiro atoms. The summed E-state index contributed by atoms with van der Waals surface area (Å²) in [4.78, 5) is 25.2. The van der Waals surface area contributed by atoms with Crippen molar-refractivity contribution < 1.29 is 14.3 Å². The van der Waals surface area contributed by atoms with E-state index >= 15 is 0 Å². The number of para-hydroxylation sites is 1. The predicted molar refractivity (Wildman–Crippen MR) is 139 cm³/mol. The van der Waals surface area contributed by atoms with Crippen LogP contribution in [0.1, 0.15) is 56.6 Å². The second-order valence-corrected chi connectivity index (χ2v) is 9.42. The molecule has 1 heterocycles. The number of hydrogen-bond donors (Lipinski definition) is 2. The minimum atomic E-state index is -0.325. The van der Waals surface area contributed by atoms with Gasteiger partial charge in [-0.1, -0.05) is 55.9 Å². The van der Waals surface area contributed by atoms with Crippen molar-refractivity contribution in [1.29, 1.82) is 0 Å². The van der Waals surface area contributed by atoms with Crippen molar-refractivity contribution in [3.63, 3.8) is 0 Å². The number of benzene rings is 2. The highest BCUT2D eigenvalue weighted by molar-refractivity contribution is 7.99. The van der Waals surface area contributed by atoms with E-state index in [0.29, 0.717) is 23.4 Å². The molecule has 2 aromatic carbocycles. The van der Waals surface area contributed by atoms with Crippen LogP contribution in [0.25, 0.3) is 0 Å². The van der Waals surface area contributed by atoms with Gasteiger partial charge in [-0.3, -0.25) is 9.59 Å². The van der Waals surface area contributed by atoms with Crippen LogP contribution >= 0.6 is 11.8 Å². The number of thioether (sulfide) groups is 1. The Morgan fingerprint density at radius 1 is 1.03 bits per heavy atom. The van der Waals surface area contributed by atoms with E-state index in [1.807, 2.05) is 66.9 Å². The van der Waals surface area contributed by atoms with Crippen LogP contribution in [0.5, 0.6) is 5.75 Å². The molecule has 2 amide bonds. The van der Waals surface area contributed by atoms with Gasteiger partial charge in [0.15, 0.2) is 11.0 Å². The first-order valence-corrected chi connectivity index (χ1v) is 12.7. The molecule has 0 aliphatic carbocycles. The van der Waals surface area contributed by atoms with Crippen LogP contribution in [0.15, 0.2) is 53.7 Å². The highest BCUT2D eigenvalue weighted by atomic mass is 32.2. The van der Waals surface area contributed by atoms with Gasteiger partial charge < -0.3 is 19.9 Å². The SMILES string of the molecule is CCn1c(SCC(=O)Nc2ccccc2C(C)C)nnc1[C@@H](C)NC(=O)Cc1ccc(OC)cc1. The van der Waals surface area contributed by atoms with E-state index in [9.17, 15) is 9.59 Å². The van der Waals surface area contributed by atoms with E-state index in [2.05, 4.69) is 34.7 Å². The third-order valence-electron chi connectivity index (χ3n) is 5.54. The topological polar surface area (TPSA) is 98.1 Å². The Morgan fingerprint density at radius 2 is 1.74 bits per heavy atom. The molecule has 2 N–H and O–H groups in total. The number of anilines is 1. The molecule has 0 unspecified atom stereocenters. The standard InChI is InChI=1S/C26H33N5O3S/c1-6-31-25(18(4)27-23(32)15-19-11-13-20(34-5)14-12-19)29-30-26(31)35-16-24(33)28-22-10-8-7-9-21(22)17(2)3/h7-14,17-18H,6,15-16H2,1-5H3,(H,27,32)(H,28,33)/t18-/m1/s1. The maximum absolute atomic E-state index is 12.6. The minimum Gasteiger partial charge on any atom is -0.497 e. The Morgan fingerprint density at radius 3 is 2.40 bits per heavy atom. The van der Waals surface area contributed by atoms with Crippen LogP contribution in [-0.2, 0) is 22.6 Å². The van der Waals surface area contributed by atoms with E-state index < -0.39 is 0 Å². The summed E-state index contributed by atoms with van der Waals surface area (Å²) in [6.45, 7) is 8.69. The molecule has 35 heavy (non-hydrogen) atoms. The average Bonchev–Trinajstić information content (AvgIpc) is 3.26. The van der Waals surface area contributed by atoms with Crippen molar-refractivity contribution in [1.82, 2.24) is 20.1 Å². The van der Waals surface area contributed by atoms with Crippen LogP contribution in [-0.4, -0.2) is 39.4 Å². The van der Waals surface area contributed by atoms with Crippen LogP contribution < -0.4 is 15.4 Å². The van der Waals surface area contributed by atoms with Crippen molar-refractivity contribution in [2.75, 3.05) is 18.2 Å². The highest BCUT2D eigenvalue weighted by Crippen LogP contribution is 2.25. The van der Waals surface area contributed by atoms with Crippen LogP contribution in [0, 0.1) is 0 Å². The number of ether oxygens (including phenoxy) is 1. The molecule has 8 nitrogen and oxygen atoms in total. The molecule has 0 saturated carbocycles. The van der Waals surface area contributed by atoms with E-state index in [4.69, 9.17) is 4.74 Å². The smallest absolute Gasteiger partial charge is 0.234 e. The number of aromatic nitrogens is 3. The zero-order valence-electron chi connectivity index (χ0n) is 20.9. The first-order valence-electron chi connectivity index (χ1n) is 11.7. The van der Waals surface area contributed by atoms with Gasteiger partial charge in [0, 0.05) is 12.2 Å². The molecule has 3 rings (SSSR count). The van der Waals surface area contributed by atoms with Crippen molar-refractivity contribution >= 4 is 29.3 Å². The quantitative estimate of drug-likeness (QED) is 0.378. The predicted octanol–water partition coefficient (Wildman–Crippen LogP) is 4.58. The summed E-state index contributed by atoms with van der Waals surface area (Å²) in [6.07, 6.45) is 0.258. The summed E-state index contributed by atoms with van der Waals surface area (Å²) in [7, 11) is 1.61. The summed E-state index contributed by atoms with van der Waals surface area (Å²) >= 11 is 1.33. The molecule has 3 aromatic rings. The summed E-state index contributed by atoms with van der Waals surface area (Å²) in [5.41, 5.74) is 2.83. The first-order chi connectivity index (χ1) is 16.8. The summed E-state index contributed by atoms with van der Waals surface area (Å²) in [6, 6.07) is 14.9. The van der Waals surface area contributed by atoms with Gasteiger partial charge in [-0.25, -0.2) is 0 Å². The van der Waals surface area contributed by atoms with E-state index in [1.54, 1.807) is 7.11 Å². The van der Waals surface area contributed by atoms with Crippen LogP contribution in [0.3, 0.4) is 0 Å². The molecular weight excluding hydrogens is 462 g/mol. The van der Waals surface area contributed by atoms with E-state index in [-0.39, 0.29) is 30.0 Å². The number of nitrogens with zero attached hydrogens (tertiary/aromatic N) is 3. The largest absolute Gasteiger partial charge is 0.497 e. The molecule has 0 aliphatic rings. The molecule has 1 atom stereocenters. The third kappa shape index (κ3) is 7.08. The van der Waals surface area contributed by atoms with Crippen molar-refractivity contribution in [3.8, 4) is 5.75 Å². The Bertz CT molecular complexity index is 1140. The summed E-state index contributed by atoms with van der Waals surface area (Å²) in [5, 5.41) is 15.2. The van der Waals surface area contributed by atoms with Gasteiger partial charge in [0.25, 0.3) is 0 Å². The number of hydrogen-bond acceptors (Lipinski definition) is 6. The minimum absolute atomic E-state index is 0.101. The molecule has 0 saturated heterocycles. The molecule has 0 bridgehead atoms. The Balaban J connectivity index is 1.58. The third-order valence-corrected chi connectivity index (χ3v) is 6.51. The van der Waals surface area contributed by atoms with Gasteiger partial charge >= 0.3 is 0 Å². The normalized spacial score (nSPS) is 11.8. The molecule has 0 aliphatic heterocycles. The maximum atomic E-state index is 12.6. The lowest BCUT2D eigenvalue weighted by atomic mass is 10.0. The number of rotatable bonds is 11. The zero-order valence-corrected chi connectivity index (χ0v) is 21.7. The lowest BCUT2D eigenvalue weighted by molar-refractivity contribution is -0.121. The van der Waals surface area contributed by atoms with Gasteiger partial charge in [-0.15, -0.1) is 10.2 Å². The van der Waals surface area contributed by atoms with E-state index in [0.717, 1.165) is 22.6 Å². The van der Waals surface area contributed by atoms with Crippen molar-refractivity contribution in [3.05, 3.63) is 65.5 Å². The molecule has 186 valence electrons. The highest BCUT2D eigenvalue weighted by Gasteiger charge is 2.20. The van der Waals surface area contributed by atoms with Crippen LogP contribution in [0.2, 0.25) is 0 Å². The first kappa shape index (κ1) is 26.3. The Kier molecular flexibility index (Phi) is 9.31. The molecule has 9 heteroatoms. The Hall–Kier alpha value is -3.33. The van der Waals surface area contributed by atoms with Gasteiger partial charge in [0.05, 0.1) is 25.3 Å². The summed E-state index contributed by atoms with van der Waals surface area (Å²) in [5.74, 6) is 1.72. The van der Waals surface area contributed by atoms with Gasteiger partial charge in [0.2, 0.25) is 11.8 Å². The number of carbonyl (C=O) groups is 2. The second-order valence-electron chi connectivity index (χ2n) is 8.48. The van der Waals surface area contributed by atoms with Gasteiger partial charge in [-0.2, -0.15) is 0 Å². The molecular formula is C26H33N5O3S. The van der Waals surface area contributed by atoms with Crippen molar-refractivity contribution in [2.24, 2.45) is 0 Å². The summed E-state index contributed by atoms with van der Waals surface area (Å²) < 4.78 is 7.09. The fourth-order valence-electron chi connectivity index (χ4n) is 3.74. The maximum Gasteiger partial charge on any atom is 0.234 e. The fourth-order valence-corrected chi connectivity index (χ4v) is 4.55. The average molecular weight is 496 g/mol. The Labute approximate surface area is 210 Å². The number of carbonyl (C=O) groups excluding carboxylic acids is 2. The molecule has 0 fully saturated rings. The molecule has 0 radical (unpaired) electrons. The second kappa shape index (κ2) is 12.4. The van der Waals surface area contributed by atoms with Crippen LogP contribution in [0.4, 0.5) is 5.69 Å².